The molecule has 0 aliphatic carbocycles. The molecule has 104 valence electrons. The van der Waals surface area contributed by atoms with Crippen LogP contribution in [0.3, 0.4) is 0 Å². The summed E-state index contributed by atoms with van der Waals surface area (Å²) < 4.78 is 17.8. The van der Waals surface area contributed by atoms with Crippen molar-refractivity contribution in [2.24, 2.45) is 0 Å². The van der Waals surface area contributed by atoms with Crippen LogP contribution >= 0.6 is 0 Å². The lowest BCUT2D eigenvalue weighted by molar-refractivity contribution is -0.384. The summed E-state index contributed by atoms with van der Waals surface area (Å²) in [6, 6.07) is 3.02. The Hall–Kier alpha value is -2.97. The van der Waals surface area contributed by atoms with Crippen molar-refractivity contribution in [3.63, 3.8) is 0 Å². The topological polar surface area (TPSA) is 124 Å². The predicted molar refractivity (Wildman–Crippen MR) is 65.1 cm³/mol. The van der Waals surface area contributed by atoms with E-state index in [1.165, 1.54) is 12.3 Å². The minimum Gasteiger partial charge on any atom is -0.393 e. The molecule has 0 aliphatic rings. The number of aromatic nitrogens is 1. The van der Waals surface area contributed by atoms with Gasteiger partial charge in [0.25, 0.3) is 11.6 Å². The van der Waals surface area contributed by atoms with Crippen LogP contribution in [0.4, 0.5) is 15.8 Å². The molecule has 0 unspecified atom stereocenters. The van der Waals surface area contributed by atoms with E-state index < -0.39 is 28.0 Å². The van der Waals surface area contributed by atoms with Gasteiger partial charge in [-0.25, -0.2) is 4.39 Å². The maximum atomic E-state index is 13.3. The van der Waals surface area contributed by atoms with E-state index >= 15 is 0 Å². The first-order valence-corrected chi connectivity index (χ1v) is 5.40. The SMILES string of the molecule is Nc1c(C(=O)NCc2ccon2)cc(F)cc1[N+](=O)[O-]. The number of nitro groups is 1. The molecule has 0 saturated carbocycles. The molecule has 0 atom stereocenters. The number of nitro benzene ring substituents is 1. The van der Waals surface area contributed by atoms with E-state index in [0.717, 1.165) is 6.07 Å². The smallest absolute Gasteiger partial charge is 0.295 e. The summed E-state index contributed by atoms with van der Waals surface area (Å²) in [5.41, 5.74) is 4.59. The Bertz CT molecular complexity index is 657. The zero-order valence-electron chi connectivity index (χ0n) is 10.00. The lowest BCUT2D eigenvalue weighted by atomic mass is 10.1. The number of nitrogens with zero attached hydrogens (tertiary/aromatic N) is 2. The first kappa shape index (κ1) is 13.5. The average Bonchev–Trinajstić information content (AvgIpc) is 2.91. The summed E-state index contributed by atoms with van der Waals surface area (Å²) in [6.45, 7) is 0.0269. The van der Waals surface area contributed by atoms with E-state index in [-0.39, 0.29) is 12.1 Å². The number of hydrogen-bond donors (Lipinski definition) is 2. The van der Waals surface area contributed by atoms with Gasteiger partial charge in [0, 0.05) is 6.07 Å². The molecule has 1 aromatic carbocycles. The molecule has 2 rings (SSSR count). The molecule has 9 heteroatoms. The number of benzene rings is 1. The second-order valence-electron chi connectivity index (χ2n) is 3.82. The van der Waals surface area contributed by atoms with Crippen molar-refractivity contribution in [1.29, 1.82) is 0 Å². The highest BCUT2D eigenvalue weighted by atomic mass is 19.1. The molecule has 0 saturated heterocycles. The molecule has 0 aliphatic heterocycles. The van der Waals surface area contributed by atoms with Gasteiger partial charge in [0.1, 0.15) is 23.5 Å². The van der Waals surface area contributed by atoms with Crippen molar-refractivity contribution in [2.45, 2.75) is 6.54 Å². The zero-order chi connectivity index (χ0) is 14.7. The Morgan fingerprint density at radius 1 is 1.55 bits per heavy atom. The van der Waals surface area contributed by atoms with E-state index in [1.54, 1.807) is 0 Å². The van der Waals surface area contributed by atoms with Crippen molar-refractivity contribution >= 4 is 17.3 Å². The number of rotatable bonds is 4. The summed E-state index contributed by atoms with van der Waals surface area (Å²) in [7, 11) is 0. The monoisotopic (exact) mass is 280 g/mol. The van der Waals surface area contributed by atoms with Crippen molar-refractivity contribution in [2.75, 3.05) is 5.73 Å². The second kappa shape index (κ2) is 5.34. The van der Waals surface area contributed by atoms with Gasteiger partial charge in [0.2, 0.25) is 0 Å². The largest absolute Gasteiger partial charge is 0.393 e. The molecule has 0 fully saturated rings. The fourth-order valence-electron chi connectivity index (χ4n) is 1.54. The fourth-order valence-corrected chi connectivity index (χ4v) is 1.54. The van der Waals surface area contributed by atoms with Crippen LogP contribution in [0.5, 0.6) is 0 Å². The number of nitrogens with one attached hydrogen (secondary N) is 1. The molecular weight excluding hydrogens is 271 g/mol. The highest BCUT2D eigenvalue weighted by Gasteiger charge is 2.21. The van der Waals surface area contributed by atoms with E-state index in [2.05, 4.69) is 15.0 Å². The molecule has 0 radical (unpaired) electrons. The highest BCUT2D eigenvalue weighted by Crippen LogP contribution is 2.26. The molecule has 8 nitrogen and oxygen atoms in total. The number of carbonyl (C=O) groups excluding carboxylic acids is 1. The van der Waals surface area contributed by atoms with Gasteiger partial charge in [0.05, 0.1) is 23.1 Å². The summed E-state index contributed by atoms with van der Waals surface area (Å²) in [5, 5.41) is 16.7. The molecule has 3 N–H and O–H groups in total. The lowest BCUT2D eigenvalue weighted by Crippen LogP contribution is -2.24. The van der Waals surface area contributed by atoms with Crippen LogP contribution in [0.25, 0.3) is 0 Å². The Balaban J connectivity index is 2.23. The Kier molecular flexibility index (Phi) is 3.60. The van der Waals surface area contributed by atoms with Crippen molar-refractivity contribution in [1.82, 2.24) is 10.5 Å². The maximum absolute atomic E-state index is 13.3. The minimum absolute atomic E-state index is 0.0269. The molecule has 1 aromatic heterocycles. The van der Waals surface area contributed by atoms with Gasteiger partial charge in [-0.3, -0.25) is 14.9 Å². The number of anilines is 1. The van der Waals surface area contributed by atoms with Crippen LogP contribution in [0.1, 0.15) is 16.1 Å². The van der Waals surface area contributed by atoms with Gasteiger partial charge < -0.3 is 15.6 Å². The average molecular weight is 280 g/mol. The van der Waals surface area contributed by atoms with Crippen LogP contribution in [0.15, 0.2) is 29.0 Å². The molecule has 0 spiro atoms. The maximum Gasteiger partial charge on any atom is 0.295 e. The third-order valence-electron chi connectivity index (χ3n) is 2.49. The number of carbonyl (C=O) groups is 1. The quantitative estimate of drug-likeness (QED) is 0.493. The van der Waals surface area contributed by atoms with E-state index in [0.29, 0.717) is 11.8 Å². The number of amides is 1. The highest BCUT2D eigenvalue weighted by molar-refractivity contribution is 6.00. The van der Waals surface area contributed by atoms with Gasteiger partial charge in [-0.15, -0.1) is 0 Å². The number of nitrogen functional groups attached to an aromatic ring is 1. The normalized spacial score (nSPS) is 10.2. The summed E-state index contributed by atoms with van der Waals surface area (Å²) in [4.78, 5) is 21.7. The van der Waals surface area contributed by atoms with Crippen molar-refractivity contribution in [3.05, 3.63) is 51.7 Å². The number of halogens is 1. The van der Waals surface area contributed by atoms with Gasteiger partial charge in [-0.1, -0.05) is 5.16 Å². The third-order valence-corrected chi connectivity index (χ3v) is 2.49. The number of hydrogen-bond acceptors (Lipinski definition) is 6. The van der Waals surface area contributed by atoms with Gasteiger partial charge in [-0.2, -0.15) is 0 Å². The lowest BCUT2D eigenvalue weighted by Gasteiger charge is -2.07. The Morgan fingerprint density at radius 2 is 2.30 bits per heavy atom. The molecule has 1 heterocycles. The van der Waals surface area contributed by atoms with Crippen molar-refractivity contribution in [3.8, 4) is 0 Å². The Morgan fingerprint density at radius 3 is 2.90 bits per heavy atom. The van der Waals surface area contributed by atoms with Crippen LogP contribution in [0, 0.1) is 15.9 Å². The van der Waals surface area contributed by atoms with Crippen LogP contribution in [0.2, 0.25) is 0 Å². The summed E-state index contributed by atoms with van der Waals surface area (Å²) in [6.07, 6.45) is 1.32. The Labute approximate surface area is 111 Å². The van der Waals surface area contributed by atoms with Gasteiger partial charge in [-0.05, 0) is 6.07 Å². The van der Waals surface area contributed by atoms with E-state index in [9.17, 15) is 19.3 Å². The first-order valence-electron chi connectivity index (χ1n) is 5.40. The second-order valence-corrected chi connectivity index (χ2v) is 3.82. The summed E-state index contributed by atoms with van der Waals surface area (Å²) in [5.74, 6) is -1.66. The molecule has 1 amide bonds. The van der Waals surface area contributed by atoms with E-state index in [4.69, 9.17) is 5.73 Å². The zero-order valence-corrected chi connectivity index (χ0v) is 10.00. The van der Waals surface area contributed by atoms with Crippen LogP contribution in [-0.4, -0.2) is 16.0 Å². The molecule has 20 heavy (non-hydrogen) atoms. The van der Waals surface area contributed by atoms with Crippen LogP contribution in [-0.2, 0) is 6.54 Å². The standard InChI is InChI=1S/C11H9FN4O4/c12-6-3-8(10(13)9(4-6)16(18)19)11(17)14-5-7-1-2-20-15-7/h1-4H,5,13H2,(H,14,17). The summed E-state index contributed by atoms with van der Waals surface area (Å²) >= 11 is 0. The number of nitrogens with two attached hydrogens (primary N) is 1. The van der Waals surface area contributed by atoms with Gasteiger partial charge in [0.15, 0.2) is 0 Å². The minimum atomic E-state index is -0.919. The first-order chi connectivity index (χ1) is 9.49. The predicted octanol–water partition coefficient (Wildman–Crippen LogP) is 1.23. The fraction of sp³-hybridized carbons (Fsp3) is 0.0909. The third kappa shape index (κ3) is 2.71. The molecule has 2 aromatic rings. The van der Waals surface area contributed by atoms with Crippen molar-refractivity contribution < 1.29 is 18.6 Å². The van der Waals surface area contributed by atoms with Gasteiger partial charge >= 0.3 is 0 Å². The molecular formula is C11H9FN4O4. The van der Waals surface area contributed by atoms with E-state index in [1.807, 2.05) is 0 Å². The molecule has 0 bridgehead atoms. The van der Waals surface area contributed by atoms with Crippen LogP contribution < -0.4 is 11.1 Å².